The summed E-state index contributed by atoms with van der Waals surface area (Å²) in [5.74, 6) is 6.34. The molecule has 0 radical (unpaired) electrons. The number of carbonyl (C=O) groups excluding carboxylic acids is 5. The zero-order valence-corrected chi connectivity index (χ0v) is 55.0. The third-order valence-electron chi connectivity index (χ3n) is 17.7. The van der Waals surface area contributed by atoms with Crippen LogP contribution in [0.3, 0.4) is 0 Å². The molecule has 0 aromatic rings. The second-order valence-corrected chi connectivity index (χ2v) is 28.9. The predicted molar refractivity (Wildman–Crippen MR) is 340 cm³/mol. The number of hydrogen-bond acceptors (Lipinski definition) is 10. The van der Waals surface area contributed by atoms with Crippen molar-refractivity contribution in [3.8, 4) is 0 Å². The summed E-state index contributed by atoms with van der Waals surface area (Å²) in [6, 6.07) is 0. The van der Waals surface area contributed by atoms with Crippen LogP contribution >= 0.6 is 0 Å². The third kappa shape index (κ3) is 38.1. The van der Waals surface area contributed by atoms with Gasteiger partial charge in [0.25, 0.3) is 0 Å². The first-order valence-corrected chi connectivity index (χ1v) is 32.5. The normalized spacial score (nSPS) is 25.9. The molecule has 0 amide bonds. The molecule has 5 aliphatic rings. The van der Waals surface area contributed by atoms with E-state index in [1.807, 2.05) is 0 Å². The highest BCUT2D eigenvalue weighted by Crippen LogP contribution is 2.41. The van der Waals surface area contributed by atoms with E-state index < -0.39 is 0 Å². The highest BCUT2D eigenvalue weighted by molar-refractivity contribution is 5.87. The summed E-state index contributed by atoms with van der Waals surface area (Å²) in [5, 5.41) is 0. The standard InChI is InChI=1S/C16H28O2.2C15H26O2.C14H24O2.C12H20O2/c1-12(2)15(17)18-11-16(4,5)10-14-8-6-13(3)7-9-14;1-12(2)15(16)17-11-5-4-6-14-9-7-13(3)8-10-14;1-5-14(16)17-11-15(3,4)10-13-8-6-12(2)7-9-13;1-3-14(15)16-11-5-4-6-13-9-7-12(2)8-10-13;1-5-11(13)14-10-6-9(2)7-12(3,4)8-10/h13-14H,1,6-11H2,2-5H3;13-14H,1,4-11H2,2-3H3;5,12-13H,1,6-11H2,2-4H3;3,12-13H,1,4-11H2,2H3;5,9-10H,1,6-8H2,2-4H3. The molecule has 10 nitrogen and oxygen atoms in total. The van der Waals surface area contributed by atoms with Gasteiger partial charge in [-0.2, -0.15) is 0 Å². The fraction of sp³-hybridized carbons (Fsp3) is 0.792. The average Bonchev–Trinajstić information content (AvgIpc) is 3.49. The maximum atomic E-state index is 11.4. The average molecular weight is 1150 g/mol. The zero-order chi connectivity index (χ0) is 61.9. The quantitative estimate of drug-likeness (QED) is 0.0398. The summed E-state index contributed by atoms with van der Waals surface area (Å²) < 4.78 is 25.8. The molecule has 5 saturated carbocycles. The van der Waals surface area contributed by atoms with Gasteiger partial charge in [0, 0.05) is 29.4 Å². The summed E-state index contributed by atoms with van der Waals surface area (Å²) in [6.45, 7) is 47.7. The van der Waals surface area contributed by atoms with Crippen LogP contribution in [-0.4, -0.2) is 62.4 Å². The molecule has 0 saturated heterocycles. The van der Waals surface area contributed by atoms with E-state index in [-0.39, 0.29) is 46.8 Å². The van der Waals surface area contributed by atoms with Crippen LogP contribution in [0.25, 0.3) is 0 Å². The lowest BCUT2D eigenvalue weighted by Gasteiger charge is -2.38. The molecule has 5 fully saturated rings. The van der Waals surface area contributed by atoms with Crippen molar-refractivity contribution in [2.75, 3.05) is 26.4 Å². The van der Waals surface area contributed by atoms with Crippen LogP contribution in [0.1, 0.15) is 263 Å². The van der Waals surface area contributed by atoms with Gasteiger partial charge in [0.05, 0.1) is 26.4 Å². The van der Waals surface area contributed by atoms with Crippen molar-refractivity contribution < 1.29 is 47.7 Å². The molecule has 0 aromatic carbocycles. The van der Waals surface area contributed by atoms with Crippen LogP contribution < -0.4 is 0 Å². The molecule has 0 spiro atoms. The summed E-state index contributed by atoms with van der Waals surface area (Å²) >= 11 is 0. The molecule has 0 bridgehead atoms. The lowest BCUT2D eigenvalue weighted by Crippen LogP contribution is -2.33. The van der Waals surface area contributed by atoms with Crippen molar-refractivity contribution in [1.82, 2.24) is 0 Å². The molecule has 5 rings (SSSR count). The van der Waals surface area contributed by atoms with Gasteiger partial charge in [-0.05, 0) is 141 Å². The maximum Gasteiger partial charge on any atom is 0.333 e. The number of hydrogen-bond donors (Lipinski definition) is 0. The van der Waals surface area contributed by atoms with E-state index in [0.717, 1.165) is 85.9 Å². The number of rotatable bonds is 24. The Morgan fingerprint density at radius 1 is 0.451 bits per heavy atom. The SMILES string of the molecule is C=C(C)C(=O)OCC(C)(C)CC1CCC(C)CC1.C=C(C)C(=O)OCCCCC1CCC(C)CC1.C=CC(=O)OC1CC(C)CC(C)(C)C1.C=CC(=O)OCC(C)(C)CC1CCC(C)CC1.C=CC(=O)OCCCCC1CCC(C)CC1. The lowest BCUT2D eigenvalue weighted by atomic mass is 9.71. The van der Waals surface area contributed by atoms with Crippen molar-refractivity contribution in [1.29, 1.82) is 0 Å². The Morgan fingerprint density at radius 3 is 1.16 bits per heavy atom. The van der Waals surface area contributed by atoms with Crippen LogP contribution in [0.15, 0.2) is 62.3 Å². The first-order valence-electron chi connectivity index (χ1n) is 32.5. The van der Waals surface area contributed by atoms with E-state index in [2.05, 4.69) is 109 Å². The molecule has 472 valence electrons. The highest BCUT2D eigenvalue weighted by atomic mass is 16.6. The molecule has 0 heterocycles. The summed E-state index contributed by atoms with van der Waals surface area (Å²) in [5.41, 5.74) is 1.44. The van der Waals surface area contributed by atoms with Gasteiger partial charge in [0.15, 0.2) is 0 Å². The molecule has 82 heavy (non-hydrogen) atoms. The van der Waals surface area contributed by atoms with Crippen LogP contribution in [0.5, 0.6) is 0 Å². The van der Waals surface area contributed by atoms with Crippen molar-refractivity contribution >= 4 is 29.8 Å². The summed E-state index contributed by atoms with van der Waals surface area (Å²) in [4.78, 5) is 55.4. The Balaban J connectivity index is 0.000000514. The minimum Gasteiger partial charge on any atom is -0.463 e. The molecule has 5 aliphatic carbocycles. The van der Waals surface area contributed by atoms with Crippen molar-refractivity contribution in [3.63, 3.8) is 0 Å². The van der Waals surface area contributed by atoms with Crippen molar-refractivity contribution in [3.05, 3.63) is 62.3 Å². The van der Waals surface area contributed by atoms with Gasteiger partial charge < -0.3 is 23.7 Å². The van der Waals surface area contributed by atoms with Gasteiger partial charge >= 0.3 is 29.8 Å². The van der Waals surface area contributed by atoms with Gasteiger partial charge in [-0.15, -0.1) is 0 Å². The van der Waals surface area contributed by atoms with Crippen LogP contribution in [0, 0.1) is 69.5 Å². The first kappa shape index (κ1) is 76.1. The fourth-order valence-corrected chi connectivity index (χ4v) is 12.8. The van der Waals surface area contributed by atoms with Crippen LogP contribution in [0.2, 0.25) is 0 Å². The Hall–Kier alpha value is -3.95. The lowest BCUT2D eigenvalue weighted by molar-refractivity contribution is -0.147. The summed E-state index contributed by atoms with van der Waals surface area (Å²) in [7, 11) is 0. The molecule has 2 unspecified atom stereocenters. The molecule has 0 N–H and O–H groups in total. The summed E-state index contributed by atoms with van der Waals surface area (Å²) in [6.07, 6.45) is 38.2. The molecule has 10 heteroatoms. The van der Waals surface area contributed by atoms with Gasteiger partial charge in [-0.25, -0.2) is 24.0 Å². The smallest absolute Gasteiger partial charge is 0.333 e. The van der Waals surface area contributed by atoms with E-state index in [1.165, 1.54) is 153 Å². The predicted octanol–water partition coefficient (Wildman–Crippen LogP) is 19.1. The molecule has 0 aromatic heterocycles. The Bertz CT molecular complexity index is 1880. The van der Waals surface area contributed by atoms with Gasteiger partial charge in [-0.3, -0.25) is 0 Å². The second-order valence-electron chi connectivity index (χ2n) is 28.9. The number of unbranched alkanes of at least 4 members (excludes halogenated alkanes) is 2. The molecular weight excluding hydrogens is 1020 g/mol. The van der Waals surface area contributed by atoms with E-state index in [0.29, 0.717) is 48.9 Å². The van der Waals surface area contributed by atoms with Crippen molar-refractivity contribution in [2.45, 2.75) is 269 Å². The highest BCUT2D eigenvalue weighted by Gasteiger charge is 2.34. The van der Waals surface area contributed by atoms with Crippen LogP contribution in [-0.2, 0) is 47.7 Å². The van der Waals surface area contributed by atoms with Gasteiger partial charge in [0.2, 0.25) is 0 Å². The van der Waals surface area contributed by atoms with E-state index in [1.54, 1.807) is 13.8 Å². The molecule has 2 atom stereocenters. The second kappa shape index (κ2) is 41.2. The number of carbonyl (C=O) groups is 5. The van der Waals surface area contributed by atoms with E-state index >= 15 is 0 Å². The van der Waals surface area contributed by atoms with E-state index in [9.17, 15) is 24.0 Å². The first-order chi connectivity index (χ1) is 38.5. The Labute approximate surface area is 503 Å². The zero-order valence-electron chi connectivity index (χ0n) is 55.0. The largest absolute Gasteiger partial charge is 0.463 e. The van der Waals surface area contributed by atoms with Crippen LogP contribution in [0.4, 0.5) is 0 Å². The molecular formula is C72H124O10. The number of esters is 5. The number of ether oxygens (including phenoxy) is 5. The maximum absolute atomic E-state index is 11.4. The van der Waals surface area contributed by atoms with Gasteiger partial charge in [-0.1, -0.05) is 225 Å². The van der Waals surface area contributed by atoms with E-state index in [4.69, 9.17) is 23.7 Å². The van der Waals surface area contributed by atoms with Gasteiger partial charge in [0.1, 0.15) is 6.10 Å². The third-order valence-corrected chi connectivity index (χ3v) is 17.7. The Kier molecular flexibility index (Phi) is 38.2. The molecule has 0 aliphatic heterocycles. The minimum atomic E-state index is -0.310. The minimum absolute atomic E-state index is 0.0797. The van der Waals surface area contributed by atoms with Crippen molar-refractivity contribution in [2.24, 2.45) is 69.5 Å². The Morgan fingerprint density at radius 2 is 0.793 bits per heavy atom. The fourth-order valence-electron chi connectivity index (χ4n) is 12.8. The monoisotopic (exact) mass is 1150 g/mol. The topological polar surface area (TPSA) is 132 Å².